The van der Waals surface area contributed by atoms with Gasteiger partial charge < -0.3 is 15.8 Å². The van der Waals surface area contributed by atoms with Crippen LogP contribution in [0.5, 0.6) is 0 Å². The number of ether oxygens (including phenoxy) is 1. The molecule has 0 aliphatic rings. The molecule has 3 N–H and O–H groups in total. The number of amides is 2. The lowest BCUT2D eigenvalue weighted by molar-refractivity contribution is -0.146. The minimum Gasteiger partial charge on any atom is -0.456 e. The van der Waals surface area contributed by atoms with Crippen molar-refractivity contribution in [2.45, 2.75) is 19.4 Å². The van der Waals surface area contributed by atoms with E-state index in [1.165, 1.54) is 6.92 Å². The first-order valence-corrected chi connectivity index (χ1v) is 7.16. The van der Waals surface area contributed by atoms with E-state index in [1.807, 2.05) is 42.5 Å². The number of esters is 1. The summed E-state index contributed by atoms with van der Waals surface area (Å²) in [6.45, 7) is 0.767. The second kappa shape index (κ2) is 7.40. The highest BCUT2D eigenvalue weighted by Crippen LogP contribution is 2.19. The molecule has 0 saturated heterocycles. The van der Waals surface area contributed by atoms with Gasteiger partial charge in [-0.05, 0) is 16.3 Å². The molecule has 2 rings (SSSR count). The molecule has 6 nitrogen and oxygen atoms in total. The van der Waals surface area contributed by atoms with Crippen LogP contribution in [-0.4, -0.2) is 30.4 Å². The van der Waals surface area contributed by atoms with E-state index in [1.54, 1.807) is 0 Å². The smallest absolute Gasteiger partial charge is 0.303 e. The van der Waals surface area contributed by atoms with Gasteiger partial charge in [0.25, 0.3) is 5.91 Å². The van der Waals surface area contributed by atoms with E-state index < -0.39 is 30.4 Å². The molecule has 2 aromatic carbocycles. The van der Waals surface area contributed by atoms with Gasteiger partial charge in [-0.3, -0.25) is 14.4 Å². The van der Waals surface area contributed by atoms with Crippen LogP contribution >= 0.6 is 0 Å². The monoisotopic (exact) mass is 314 g/mol. The summed E-state index contributed by atoms with van der Waals surface area (Å²) in [6, 6.07) is 12.6. The predicted octanol–water partition coefficient (Wildman–Crippen LogP) is 0.915. The van der Waals surface area contributed by atoms with Crippen LogP contribution in [0, 0.1) is 0 Å². The van der Waals surface area contributed by atoms with Gasteiger partial charge in [-0.15, -0.1) is 0 Å². The number of fused-ring (bicyclic) bond motifs is 1. The van der Waals surface area contributed by atoms with Gasteiger partial charge in [-0.2, -0.15) is 0 Å². The number of nitrogens with two attached hydrogens (primary N) is 1. The van der Waals surface area contributed by atoms with Crippen LogP contribution in [0.4, 0.5) is 0 Å². The van der Waals surface area contributed by atoms with E-state index in [4.69, 9.17) is 5.73 Å². The van der Waals surface area contributed by atoms with Crippen molar-refractivity contribution in [1.29, 1.82) is 0 Å². The molecule has 0 radical (unpaired) electrons. The Labute approximate surface area is 133 Å². The van der Waals surface area contributed by atoms with Crippen molar-refractivity contribution >= 4 is 28.6 Å². The van der Waals surface area contributed by atoms with Crippen molar-refractivity contribution in [3.63, 3.8) is 0 Å². The van der Waals surface area contributed by atoms with Gasteiger partial charge in [0.05, 0.1) is 0 Å². The largest absolute Gasteiger partial charge is 0.456 e. The fraction of sp³-hybridized carbons (Fsp3) is 0.235. The Hall–Kier alpha value is -2.89. The van der Waals surface area contributed by atoms with E-state index >= 15 is 0 Å². The van der Waals surface area contributed by atoms with Crippen LogP contribution in [0.25, 0.3) is 10.8 Å². The van der Waals surface area contributed by atoms with Crippen molar-refractivity contribution in [3.05, 3.63) is 48.0 Å². The van der Waals surface area contributed by atoms with E-state index in [-0.39, 0.29) is 6.42 Å². The summed E-state index contributed by atoms with van der Waals surface area (Å²) in [6.07, 6.45) is 0.266. The second-order valence-corrected chi connectivity index (χ2v) is 5.15. The lowest BCUT2D eigenvalue weighted by atomic mass is 9.98. The number of hydrogen-bond donors (Lipinski definition) is 2. The zero-order chi connectivity index (χ0) is 16.8. The van der Waals surface area contributed by atoms with E-state index in [0.29, 0.717) is 0 Å². The number of carbonyl (C=O) groups excluding carboxylic acids is 3. The van der Waals surface area contributed by atoms with Crippen LogP contribution in [0.15, 0.2) is 42.5 Å². The lowest BCUT2D eigenvalue weighted by Gasteiger charge is -2.16. The van der Waals surface area contributed by atoms with Crippen molar-refractivity contribution in [1.82, 2.24) is 5.32 Å². The van der Waals surface area contributed by atoms with E-state index in [9.17, 15) is 14.4 Å². The second-order valence-electron chi connectivity index (χ2n) is 5.15. The van der Waals surface area contributed by atoms with Gasteiger partial charge >= 0.3 is 5.97 Å². The summed E-state index contributed by atoms with van der Waals surface area (Å²) in [7, 11) is 0. The van der Waals surface area contributed by atoms with Gasteiger partial charge in [-0.25, -0.2) is 0 Å². The standard InChI is InChI=1S/C17H18N2O4/c1-11(20)23-10-16(21)19-15(17(18)22)9-13-7-4-6-12-5-2-3-8-14(12)13/h2-8,15H,9-10H2,1H3,(H2,18,22)(H,19,21)/t15-/m1/s1. The molecule has 6 heteroatoms. The maximum Gasteiger partial charge on any atom is 0.303 e. The molecule has 2 amide bonds. The van der Waals surface area contributed by atoms with Crippen molar-refractivity contribution < 1.29 is 19.1 Å². The molecule has 0 unspecified atom stereocenters. The zero-order valence-electron chi connectivity index (χ0n) is 12.7. The molecule has 0 bridgehead atoms. The number of nitrogens with one attached hydrogen (secondary N) is 1. The zero-order valence-corrected chi connectivity index (χ0v) is 12.7. The number of carbonyl (C=O) groups is 3. The summed E-state index contributed by atoms with van der Waals surface area (Å²) in [5.74, 6) is -1.77. The Morgan fingerprint density at radius 3 is 2.52 bits per heavy atom. The molecule has 0 fully saturated rings. The summed E-state index contributed by atoms with van der Waals surface area (Å²) in [5.41, 5.74) is 6.27. The fourth-order valence-electron chi connectivity index (χ4n) is 2.32. The van der Waals surface area contributed by atoms with Crippen molar-refractivity contribution in [2.24, 2.45) is 5.73 Å². The lowest BCUT2D eigenvalue weighted by Crippen LogP contribution is -2.47. The van der Waals surface area contributed by atoms with Gasteiger partial charge in [0.1, 0.15) is 6.04 Å². The minimum absolute atomic E-state index is 0.266. The number of rotatable bonds is 6. The molecule has 0 heterocycles. The average Bonchev–Trinajstić information content (AvgIpc) is 2.52. The van der Waals surface area contributed by atoms with E-state index in [0.717, 1.165) is 16.3 Å². The number of hydrogen-bond acceptors (Lipinski definition) is 4. The molecule has 0 saturated carbocycles. The summed E-state index contributed by atoms with van der Waals surface area (Å²) in [5, 5.41) is 4.53. The maximum absolute atomic E-state index is 11.7. The van der Waals surface area contributed by atoms with Crippen molar-refractivity contribution in [3.8, 4) is 0 Å². The van der Waals surface area contributed by atoms with Gasteiger partial charge in [0.15, 0.2) is 6.61 Å². The molecule has 23 heavy (non-hydrogen) atoms. The highest BCUT2D eigenvalue weighted by molar-refractivity contribution is 5.90. The number of benzene rings is 2. The SMILES string of the molecule is CC(=O)OCC(=O)N[C@H](Cc1cccc2ccccc12)C(N)=O. The Kier molecular flexibility index (Phi) is 5.30. The van der Waals surface area contributed by atoms with Crippen molar-refractivity contribution in [2.75, 3.05) is 6.61 Å². The maximum atomic E-state index is 11.7. The van der Waals surface area contributed by atoms with Crippen LogP contribution in [0.3, 0.4) is 0 Å². The Bertz CT molecular complexity index is 737. The predicted molar refractivity (Wildman–Crippen MR) is 85.4 cm³/mol. The molecule has 0 aromatic heterocycles. The summed E-state index contributed by atoms with van der Waals surface area (Å²) in [4.78, 5) is 34.0. The topological polar surface area (TPSA) is 98.5 Å². The van der Waals surface area contributed by atoms with Crippen LogP contribution in [-0.2, 0) is 25.5 Å². The third-order valence-corrected chi connectivity index (χ3v) is 3.39. The Morgan fingerprint density at radius 1 is 1.13 bits per heavy atom. The van der Waals surface area contributed by atoms with Crippen LogP contribution < -0.4 is 11.1 Å². The van der Waals surface area contributed by atoms with Crippen LogP contribution in [0.2, 0.25) is 0 Å². The highest BCUT2D eigenvalue weighted by atomic mass is 16.5. The first-order chi connectivity index (χ1) is 11.0. The normalized spacial score (nSPS) is 11.7. The molecular weight excluding hydrogens is 296 g/mol. The Balaban J connectivity index is 2.14. The minimum atomic E-state index is -0.871. The molecule has 0 aliphatic carbocycles. The quantitative estimate of drug-likeness (QED) is 0.774. The fourth-order valence-corrected chi connectivity index (χ4v) is 2.32. The van der Waals surface area contributed by atoms with Crippen LogP contribution in [0.1, 0.15) is 12.5 Å². The average molecular weight is 314 g/mol. The summed E-state index contributed by atoms with van der Waals surface area (Å²) < 4.78 is 4.60. The molecule has 2 aromatic rings. The van der Waals surface area contributed by atoms with Gasteiger partial charge in [0, 0.05) is 13.3 Å². The molecular formula is C17H18N2O4. The highest BCUT2D eigenvalue weighted by Gasteiger charge is 2.20. The third-order valence-electron chi connectivity index (χ3n) is 3.39. The van der Waals surface area contributed by atoms with Gasteiger partial charge in [0.2, 0.25) is 5.91 Å². The number of primary amides is 1. The molecule has 1 atom stereocenters. The van der Waals surface area contributed by atoms with Gasteiger partial charge in [-0.1, -0.05) is 42.5 Å². The van der Waals surface area contributed by atoms with E-state index in [2.05, 4.69) is 10.1 Å². The summed E-state index contributed by atoms with van der Waals surface area (Å²) >= 11 is 0. The molecule has 0 aliphatic heterocycles. The first-order valence-electron chi connectivity index (χ1n) is 7.16. The third kappa shape index (κ3) is 4.54. The Morgan fingerprint density at radius 2 is 1.83 bits per heavy atom. The first kappa shape index (κ1) is 16.5. The molecule has 120 valence electrons. The molecule has 0 spiro atoms.